The van der Waals surface area contributed by atoms with Crippen LogP contribution in [0, 0.1) is 5.82 Å². The molecule has 0 amide bonds. The van der Waals surface area contributed by atoms with Crippen LogP contribution < -0.4 is 5.32 Å². The summed E-state index contributed by atoms with van der Waals surface area (Å²) in [6.45, 7) is 0. The summed E-state index contributed by atoms with van der Waals surface area (Å²) >= 11 is 0. The largest absolute Gasteiger partial charge is 0.361 e. The third-order valence-electron chi connectivity index (χ3n) is 3.96. The Kier molecular flexibility index (Phi) is 2.80. The second-order valence-electron chi connectivity index (χ2n) is 5.26. The molecule has 1 aliphatic carbocycles. The highest BCUT2D eigenvalue weighted by molar-refractivity contribution is 5.82. The first-order chi connectivity index (χ1) is 10.3. The Balaban J connectivity index is 1.73. The number of aryl methyl sites for hydroxylation is 1. The molecule has 21 heavy (non-hydrogen) atoms. The summed E-state index contributed by atoms with van der Waals surface area (Å²) in [6, 6.07) is 5.09. The molecule has 1 atom stereocenters. The lowest BCUT2D eigenvalue weighted by atomic mass is 9.87. The van der Waals surface area contributed by atoms with E-state index in [-0.39, 0.29) is 11.9 Å². The second-order valence-corrected chi connectivity index (χ2v) is 5.26. The van der Waals surface area contributed by atoms with Gasteiger partial charge in [0.1, 0.15) is 17.7 Å². The summed E-state index contributed by atoms with van der Waals surface area (Å²) in [5.74, 6) is 0.511. The van der Waals surface area contributed by atoms with Crippen molar-refractivity contribution in [2.24, 2.45) is 0 Å². The summed E-state index contributed by atoms with van der Waals surface area (Å²) in [5, 5.41) is 3.40. The number of nitrogens with one attached hydrogen (secondary N) is 2. The molecular weight excluding hydrogens is 269 g/mol. The number of anilines is 1. The molecule has 1 aromatic carbocycles. The summed E-state index contributed by atoms with van der Waals surface area (Å²) in [7, 11) is 0. The van der Waals surface area contributed by atoms with Gasteiger partial charge in [-0.3, -0.25) is 0 Å². The normalized spacial score (nSPS) is 17.7. The van der Waals surface area contributed by atoms with Gasteiger partial charge in [0.05, 0.1) is 12.4 Å². The zero-order chi connectivity index (χ0) is 14.2. The number of nitrogens with zero attached hydrogens (tertiary/aromatic N) is 3. The molecule has 0 radical (unpaired) electrons. The van der Waals surface area contributed by atoms with Gasteiger partial charge in [-0.05, 0) is 42.5 Å². The van der Waals surface area contributed by atoms with Crippen molar-refractivity contribution in [3.05, 3.63) is 47.8 Å². The summed E-state index contributed by atoms with van der Waals surface area (Å²) < 4.78 is 13.5. The van der Waals surface area contributed by atoms with Crippen molar-refractivity contribution < 1.29 is 4.39 Å². The summed E-state index contributed by atoms with van der Waals surface area (Å²) in [6.07, 6.45) is 6.11. The second kappa shape index (κ2) is 4.80. The molecule has 0 aliphatic heterocycles. The van der Waals surface area contributed by atoms with E-state index in [0.717, 1.165) is 30.3 Å². The molecule has 2 heterocycles. The molecule has 0 bridgehead atoms. The number of aromatic nitrogens is 4. The highest BCUT2D eigenvalue weighted by atomic mass is 19.1. The Morgan fingerprint density at radius 1 is 1.24 bits per heavy atom. The van der Waals surface area contributed by atoms with E-state index in [9.17, 15) is 4.39 Å². The van der Waals surface area contributed by atoms with Crippen LogP contribution in [0.1, 0.15) is 30.0 Å². The SMILES string of the molecule is Fc1ccc2c(c1)C(Nc1ncnc3nc[nH]c13)CCC2. The third kappa shape index (κ3) is 2.12. The maximum Gasteiger partial charge on any atom is 0.182 e. The lowest BCUT2D eigenvalue weighted by Gasteiger charge is -2.26. The van der Waals surface area contributed by atoms with E-state index in [2.05, 4.69) is 25.3 Å². The average Bonchev–Trinajstić information content (AvgIpc) is 2.97. The van der Waals surface area contributed by atoms with Gasteiger partial charge in [0, 0.05) is 0 Å². The monoisotopic (exact) mass is 283 g/mol. The number of hydrogen-bond acceptors (Lipinski definition) is 4. The third-order valence-corrected chi connectivity index (χ3v) is 3.96. The number of imidazole rings is 1. The van der Waals surface area contributed by atoms with Crippen molar-refractivity contribution in [2.75, 3.05) is 5.32 Å². The van der Waals surface area contributed by atoms with E-state index < -0.39 is 0 Å². The molecular formula is C15H14FN5. The fraction of sp³-hybridized carbons (Fsp3) is 0.267. The quantitative estimate of drug-likeness (QED) is 0.758. The minimum atomic E-state index is -0.197. The van der Waals surface area contributed by atoms with Crippen LogP contribution in [-0.2, 0) is 6.42 Å². The first-order valence-electron chi connectivity index (χ1n) is 7.00. The first-order valence-corrected chi connectivity index (χ1v) is 7.00. The molecule has 0 saturated heterocycles. The van der Waals surface area contributed by atoms with E-state index in [1.165, 1.54) is 18.0 Å². The minimum Gasteiger partial charge on any atom is -0.361 e. The lowest BCUT2D eigenvalue weighted by Crippen LogP contribution is -2.18. The number of rotatable bonds is 2. The van der Waals surface area contributed by atoms with Crippen molar-refractivity contribution in [2.45, 2.75) is 25.3 Å². The van der Waals surface area contributed by atoms with Crippen LogP contribution in [-0.4, -0.2) is 19.9 Å². The maximum absolute atomic E-state index is 13.5. The number of H-pyrrole nitrogens is 1. The summed E-state index contributed by atoms with van der Waals surface area (Å²) in [5.41, 5.74) is 3.63. The van der Waals surface area contributed by atoms with E-state index in [1.807, 2.05) is 6.07 Å². The number of aromatic amines is 1. The van der Waals surface area contributed by atoms with Gasteiger partial charge in [0.25, 0.3) is 0 Å². The zero-order valence-electron chi connectivity index (χ0n) is 11.3. The first kappa shape index (κ1) is 12.3. The molecule has 1 unspecified atom stereocenters. The van der Waals surface area contributed by atoms with Gasteiger partial charge in [-0.1, -0.05) is 6.07 Å². The van der Waals surface area contributed by atoms with Crippen molar-refractivity contribution >= 4 is 17.0 Å². The van der Waals surface area contributed by atoms with Gasteiger partial charge in [-0.25, -0.2) is 19.3 Å². The molecule has 0 saturated carbocycles. The molecule has 5 nitrogen and oxygen atoms in total. The molecule has 3 aromatic rings. The smallest absolute Gasteiger partial charge is 0.182 e. The fourth-order valence-corrected chi connectivity index (χ4v) is 2.96. The number of halogens is 1. The van der Waals surface area contributed by atoms with Crippen LogP contribution in [0.25, 0.3) is 11.2 Å². The topological polar surface area (TPSA) is 66.5 Å². The van der Waals surface area contributed by atoms with Gasteiger partial charge in [0.2, 0.25) is 0 Å². The molecule has 106 valence electrons. The number of hydrogen-bond donors (Lipinski definition) is 2. The van der Waals surface area contributed by atoms with Crippen LogP contribution in [0.2, 0.25) is 0 Å². The van der Waals surface area contributed by atoms with Gasteiger partial charge < -0.3 is 10.3 Å². The fourth-order valence-electron chi connectivity index (χ4n) is 2.96. The predicted octanol–water partition coefficient (Wildman–Crippen LogP) is 2.98. The Bertz CT molecular complexity index is 798. The van der Waals surface area contributed by atoms with Gasteiger partial charge in [0.15, 0.2) is 11.5 Å². The average molecular weight is 283 g/mol. The molecule has 1 aliphatic rings. The van der Waals surface area contributed by atoms with Crippen LogP contribution in [0.3, 0.4) is 0 Å². The molecule has 4 rings (SSSR count). The predicted molar refractivity (Wildman–Crippen MR) is 77.4 cm³/mol. The molecule has 0 spiro atoms. The van der Waals surface area contributed by atoms with Gasteiger partial charge in [-0.2, -0.15) is 0 Å². The number of fused-ring (bicyclic) bond motifs is 2. The summed E-state index contributed by atoms with van der Waals surface area (Å²) in [4.78, 5) is 15.5. The lowest BCUT2D eigenvalue weighted by molar-refractivity contribution is 0.579. The van der Waals surface area contributed by atoms with Crippen molar-refractivity contribution in [1.29, 1.82) is 0 Å². The zero-order valence-corrected chi connectivity index (χ0v) is 11.3. The highest BCUT2D eigenvalue weighted by Crippen LogP contribution is 2.33. The van der Waals surface area contributed by atoms with E-state index in [1.54, 1.807) is 12.4 Å². The number of benzene rings is 1. The van der Waals surface area contributed by atoms with E-state index >= 15 is 0 Å². The van der Waals surface area contributed by atoms with E-state index in [0.29, 0.717) is 11.5 Å². The van der Waals surface area contributed by atoms with Crippen LogP contribution >= 0.6 is 0 Å². The maximum atomic E-state index is 13.5. The molecule has 6 heteroatoms. The van der Waals surface area contributed by atoms with Crippen molar-refractivity contribution in [3.8, 4) is 0 Å². The standard InChI is InChI=1S/C15H14FN5/c16-10-5-4-9-2-1-3-12(11(9)6-10)21-15-13-14(18-7-17-13)19-8-20-15/h4-8,12H,1-3H2,(H2,17,18,19,20,21). The highest BCUT2D eigenvalue weighted by Gasteiger charge is 2.22. The Morgan fingerprint density at radius 3 is 3.14 bits per heavy atom. The van der Waals surface area contributed by atoms with Crippen molar-refractivity contribution in [1.82, 2.24) is 19.9 Å². The van der Waals surface area contributed by atoms with Crippen molar-refractivity contribution in [3.63, 3.8) is 0 Å². The van der Waals surface area contributed by atoms with Crippen LogP contribution in [0.5, 0.6) is 0 Å². The Morgan fingerprint density at radius 2 is 2.19 bits per heavy atom. The molecule has 2 N–H and O–H groups in total. The van der Waals surface area contributed by atoms with Gasteiger partial charge in [-0.15, -0.1) is 0 Å². The van der Waals surface area contributed by atoms with Crippen LogP contribution in [0.15, 0.2) is 30.9 Å². The molecule has 0 fully saturated rings. The van der Waals surface area contributed by atoms with E-state index in [4.69, 9.17) is 0 Å². The minimum absolute atomic E-state index is 0.0610. The van der Waals surface area contributed by atoms with Gasteiger partial charge >= 0.3 is 0 Å². The Labute approximate surface area is 120 Å². The Hall–Kier alpha value is -2.50. The molecule has 2 aromatic heterocycles. The van der Waals surface area contributed by atoms with Crippen LogP contribution in [0.4, 0.5) is 10.2 Å².